The molecule has 1 nitrogen and oxygen atoms in total. The summed E-state index contributed by atoms with van der Waals surface area (Å²) in [4.78, 5) is 0. The molecule has 2 aromatic rings. The Bertz CT molecular complexity index is 544. The van der Waals surface area contributed by atoms with Crippen LogP contribution in [0.2, 0.25) is 0 Å². The predicted octanol–water partition coefficient (Wildman–Crippen LogP) is 6.11. The maximum absolute atomic E-state index is 6.32. The van der Waals surface area contributed by atoms with Gasteiger partial charge in [-0.05, 0) is 32.4 Å². The van der Waals surface area contributed by atoms with Gasteiger partial charge < -0.3 is 4.74 Å². The number of hydrogen-bond acceptors (Lipinski definition) is 1. The normalized spacial score (nSPS) is 12.0. The van der Waals surface area contributed by atoms with E-state index in [1.807, 2.05) is 24.3 Å². The SMILES string of the molecule is CCC(CC)(PCl)c1ccccc1OCc1ccccc1. The van der Waals surface area contributed by atoms with Crippen molar-refractivity contribution in [1.82, 2.24) is 0 Å². The van der Waals surface area contributed by atoms with Crippen LogP contribution in [-0.4, -0.2) is 0 Å². The molecule has 0 radical (unpaired) electrons. The molecule has 0 N–H and O–H groups in total. The average molecular weight is 321 g/mol. The molecule has 0 heterocycles. The van der Waals surface area contributed by atoms with E-state index < -0.39 is 0 Å². The van der Waals surface area contributed by atoms with Crippen LogP contribution in [0.3, 0.4) is 0 Å². The molecule has 0 spiro atoms. The number of halogens is 1. The molecular weight excluding hydrogens is 299 g/mol. The summed E-state index contributed by atoms with van der Waals surface area (Å²) in [7, 11) is 0.356. The molecule has 3 heteroatoms. The Morgan fingerprint density at radius 1 is 0.952 bits per heavy atom. The van der Waals surface area contributed by atoms with Gasteiger partial charge in [-0.15, -0.1) is 0 Å². The van der Waals surface area contributed by atoms with Gasteiger partial charge in [-0.2, -0.15) is 0 Å². The number of para-hydroxylation sites is 1. The van der Waals surface area contributed by atoms with Crippen LogP contribution >= 0.6 is 19.2 Å². The lowest BCUT2D eigenvalue weighted by Crippen LogP contribution is -2.18. The zero-order chi connectivity index (χ0) is 15.1. The minimum absolute atomic E-state index is 0.0227. The summed E-state index contributed by atoms with van der Waals surface area (Å²) in [5, 5.41) is 0.0227. The van der Waals surface area contributed by atoms with Crippen molar-refractivity contribution in [3.05, 3.63) is 65.7 Å². The highest BCUT2D eigenvalue weighted by molar-refractivity contribution is 7.69. The molecule has 112 valence electrons. The molecule has 0 aliphatic heterocycles. The van der Waals surface area contributed by atoms with E-state index in [0.29, 0.717) is 14.5 Å². The van der Waals surface area contributed by atoms with Crippen molar-refractivity contribution < 1.29 is 4.74 Å². The lowest BCUT2D eigenvalue weighted by molar-refractivity contribution is 0.298. The third kappa shape index (κ3) is 3.78. The van der Waals surface area contributed by atoms with E-state index in [-0.39, 0.29) is 5.16 Å². The number of benzene rings is 2. The minimum atomic E-state index is 0.0227. The number of hydrogen-bond donors (Lipinski definition) is 0. The van der Waals surface area contributed by atoms with Gasteiger partial charge in [0.25, 0.3) is 0 Å². The first-order valence-electron chi connectivity index (χ1n) is 7.39. The molecule has 0 saturated carbocycles. The monoisotopic (exact) mass is 320 g/mol. The number of ether oxygens (including phenoxy) is 1. The van der Waals surface area contributed by atoms with Gasteiger partial charge in [0.2, 0.25) is 0 Å². The quantitative estimate of drug-likeness (QED) is 0.559. The van der Waals surface area contributed by atoms with Gasteiger partial charge in [-0.1, -0.05) is 73.6 Å². The Labute approximate surface area is 134 Å². The second kappa shape index (κ2) is 7.82. The first-order chi connectivity index (χ1) is 10.3. The third-order valence-corrected chi connectivity index (χ3v) is 6.45. The summed E-state index contributed by atoms with van der Waals surface area (Å²) < 4.78 is 6.08. The van der Waals surface area contributed by atoms with Crippen molar-refractivity contribution in [3.63, 3.8) is 0 Å². The topological polar surface area (TPSA) is 9.23 Å². The molecule has 1 atom stereocenters. The molecular formula is C18H22ClOP. The van der Waals surface area contributed by atoms with E-state index in [4.69, 9.17) is 16.0 Å². The molecule has 0 aliphatic rings. The second-order valence-corrected chi connectivity index (χ2v) is 6.87. The Morgan fingerprint density at radius 2 is 1.57 bits per heavy atom. The molecule has 0 amide bonds. The molecule has 0 aliphatic carbocycles. The second-order valence-electron chi connectivity index (χ2n) is 5.15. The van der Waals surface area contributed by atoms with Crippen LogP contribution < -0.4 is 4.74 Å². The van der Waals surface area contributed by atoms with Crippen LogP contribution in [0.5, 0.6) is 5.75 Å². The van der Waals surface area contributed by atoms with Gasteiger partial charge in [0.15, 0.2) is 0 Å². The molecule has 0 bridgehead atoms. The first-order valence-corrected chi connectivity index (χ1v) is 9.41. The van der Waals surface area contributed by atoms with Gasteiger partial charge in [-0.3, -0.25) is 0 Å². The fourth-order valence-electron chi connectivity index (χ4n) is 2.54. The van der Waals surface area contributed by atoms with Crippen molar-refractivity contribution in [2.24, 2.45) is 0 Å². The van der Waals surface area contributed by atoms with Crippen LogP contribution in [0.15, 0.2) is 54.6 Å². The maximum Gasteiger partial charge on any atom is 0.123 e. The van der Waals surface area contributed by atoms with E-state index >= 15 is 0 Å². The first kappa shape index (κ1) is 16.3. The third-order valence-electron chi connectivity index (χ3n) is 4.03. The van der Waals surface area contributed by atoms with Crippen LogP contribution in [0.4, 0.5) is 0 Å². The van der Waals surface area contributed by atoms with E-state index in [2.05, 4.69) is 44.2 Å². The fraction of sp³-hybridized carbons (Fsp3) is 0.333. The lowest BCUT2D eigenvalue weighted by atomic mass is 9.92. The van der Waals surface area contributed by atoms with E-state index in [1.54, 1.807) is 0 Å². The van der Waals surface area contributed by atoms with Gasteiger partial charge in [0.1, 0.15) is 12.4 Å². The molecule has 0 saturated heterocycles. The summed E-state index contributed by atoms with van der Waals surface area (Å²) in [5.41, 5.74) is 2.42. The summed E-state index contributed by atoms with van der Waals surface area (Å²) in [6.07, 6.45) is 2.05. The van der Waals surface area contributed by atoms with Crippen molar-refractivity contribution >= 4 is 19.2 Å². The molecule has 2 rings (SSSR count). The maximum atomic E-state index is 6.32. The zero-order valence-electron chi connectivity index (χ0n) is 12.6. The van der Waals surface area contributed by atoms with E-state index in [0.717, 1.165) is 18.6 Å². The van der Waals surface area contributed by atoms with Crippen LogP contribution in [0, 0.1) is 0 Å². The van der Waals surface area contributed by atoms with Gasteiger partial charge in [0.05, 0.1) is 0 Å². The Hall–Kier alpha value is -1.04. The Kier molecular flexibility index (Phi) is 6.08. The van der Waals surface area contributed by atoms with Crippen molar-refractivity contribution in [2.75, 3.05) is 0 Å². The van der Waals surface area contributed by atoms with Crippen LogP contribution in [0.1, 0.15) is 37.8 Å². The highest BCUT2D eigenvalue weighted by Gasteiger charge is 2.30. The summed E-state index contributed by atoms with van der Waals surface area (Å²) in [6, 6.07) is 18.6. The summed E-state index contributed by atoms with van der Waals surface area (Å²) in [6.45, 7) is 4.99. The molecule has 0 aromatic heterocycles. The molecule has 0 fully saturated rings. The van der Waals surface area contributed by atoms with Crippen LogP contribution in [0.25, 0.3) is 0 Å². The highest BCUT2D eigenvalue weighted by atomic mass is 35.7. The van der Waals surface area contributed by atoms with Crippen molar-refractivity contribution in [2.45, 2.75) is 38.5 Å². The van der Waals surface area contributed by atoms with E-state index in [1.165, 1.54) is 11.1 Å². The Balaban J connectivity index is 2.24. The van der Waals surface area contributed by atoms with Gasteiger partial charge >= 0.3 is 0 Å². The standard InChI is InChI=1S/C18H22ClOP/c1-3-18(4-2,21-19)16-12-8-9-13-17(16)20-14-15-10-6-5-7-11-15/h5-13,21H,3-4,14H2,1-2H3. The largest absolute Gasteiger partial charge is 0.489 e. The summed E-state index contributed by atoms with van der Waals surface area (Å²) in [5.74, 6) is 0.957. The van der Waals surface area contributed by atoms with Crippen molar-refractivity contribution in [1.29, 1.82) is 0 Å². The van der Waals surface area contributed by atoms with Gasteiger partial charge in [-0.25, -0.2) is 0 Å². The average Bonchev–Trinajstić information content (AvgIpc) is 2.57. The van der Waals surface area contributed by atoms with Crippen LogP contribution in [-0.2, 0) is 11.8 Å². The fourth-order valence-corrected chi connectivity index (χ4v) is 4.22. The van der Waals surface area contributed by atoms with Gasteiger partial charge in [0, 0.05) is 10.7 Å². The molecule has 1 unspecified atom stereocenters. The molecule has 2 aromatic carbocycles. The zero-order valence-corrected chi connectivity index (χ0v) is 14.4. The van der Waals surface area contributed by atoms with E-state index in [9.17, 15) is 0 Å². The Morgan fingerprint density at radius 3 is 2.19 bits per heavy atom. The summed E-state index contributed by atoms with van der Waals surface area (Å²) >= 11 is 6.32. The number of rotatable bonds is 7. The highest BCUT2D eigenvalue weighted by Crippen LogP contribution is 2.52. The predicted molar refractivity (Wildman–Crippen MR) is 93.6 cm³/mol. The molecule has 21 heavy (non-hydrogen) atoms. The van der Waals surface area contributed by atoms with Crippen molar-refractivity contribution in [3.8, 4) is 5.75 Å². The lowest BCUT2D eigenvalue weighted by Gasteiger charge is -2.31. The minimum Gasteiger partial charge on any atom is -0.489 e. The smallest absolute Gasteiger partial charge is 0.123 e.